The zero-order chi connectivity index (χ0) is 9.35. The van der Waals surface area contributed by atoms with Crippen LogP contribution in [-0.4, -0.2) is 31.1 Å². The molecule has 1 N–H and O–H groups in total. The summed E-state index contributed by atoms with van der Waals surface area (Å²) in [6.07, 6.45) is 3.59. The van der Waals surface area contributed by atoms with Gasteiger partial charge in [-0.05, 0) is 25.7 Å². The van der Waals surface area contributed by atoms with E-state index in [0.717, 1.165) is 19.3 Å². The molecule has 1 aliphatic rings. The third kappa shape index (κ3) is 1.98. The highest BCUT2D eigenvalue weighted by Crippen LogP contribution is 2.32. The van der Waals surface area contributed by atoms with Crippen LogP contribution in [0.1, 0.15) is 26.2 Å². The Kier molecular flexibility index (Phi) is 2.78. The van der Waals surface area contributed by atoms with E-state index in [2.05, 4.69) is 0 Å². The molecule has 0 saturated heterocycles. The van der Waals surface area contributed by atoms with Crippen LogP contribution in [0.4, 0.5) is 0 Å². The molecule has 1 aliphatic carbocycles. The third-order valence-corrected chi connectivity index (χ3v) is 4.42. The highest BCUT2D eigenvalue weighted by molar-refractivity contribution is 7.91. The van der Waals surface area contributed by atoms with Crippen molar-refractivity contribution in [2.45, 2.75) is 37.5 Å². The number of hydrogen-bond donors (Lipinski definition) is 1. The molecule has 0 aromatic rings. The lowest BCUT2D eigenvalue weighted by atomic mass is 9.80. The summed E-state index contributed by atoms with van der Waals surface area (Å²) in [5.74, 6) is 0.217. The van der Waals surface area contributed by atoms with Crippen molar-refractivity contribution in [3.05, 3.63) is 0 Å². The van der Waals surface area contributed by atoms with Crippen LogP contribution in [0.15, 0.2) is 0 Å². The lowest BCUT2D eigenvalue weighted by Crippen LogP contribution is -2.39. The fourth-order valence-electron chi connectivity index (χ4n) is 1.42. The van der Waals surface area contributed by atoms with Gasteiger partial charge in [-0.3, -0.25) is 0 Å². The summed E-state index contributed by atoms with van der Waals surface area (Å²) in [5.41, 5.74) is 0. The Morgan fingerprint density at radius 3 is 2.17 bits per heavy atom. The van der Waals surface area contributed by atoms with Crippen molar-refractivity contribution in [3.8, 4) is 0 Å². The summed E-state index contributed by atoms with van der Waals surface area (Å²) in [6.45, 7) is 1.58. The summed E-state index contributed by atoms with van der Waals surface area (Å²) >= 11 is 0. The summed E-state index contributed by atoms with van der Waals surface area (Å²) in [6, 6.07) is 0. The Hall–Kier alpha value is -0.0900. The predicted molar refractivity (Wildman–Crippen MR) is 47.7 cm³/mol. The number of rotatable bonds is 3. The van der Waals surface area contributed by atoms with Gasteiger partial charge in [0.2, 0.25) is 0 Å². The van der Waals surface area contributed by atoms with Crippen LogP contribution in [0.25, 0.3) is 0 Å². The Labute approximate surface area is 73.7 Å². The average molecular weight is 192 g/mol. The number of aliphatic hydroxyl groups excluding tert-OH is 1. The second-order valence-corrected chi connectivity index (χ2v) is 6.12. The molecule has 0 aromatic heterocycles. The molecule has 0 amide bonds. The van der Waals surface area contributed by atoms with Crippen molar-refractivity contribution in [2.24, 2.45) is 5.92 Å². The number of aliphatic hydroxyl groups is 1. The maximum absolute atomic E-state index is 11.1. The standard InChI is InChI=1S/C8H16O3S/c1-6(12(2,10)11)8(9)7-4-3-5-7/h6-9H,3-5H2,1-2H3/t6-,8-/m0/s1. The monoisotopic (exact) mass is 192 g/mol. The molecule has 1 fully saturated rings. The van der Waals surface area contributed by atoms with E-state index in [-0.39, 0.29) is 5.92 Å². The molecular formula is C8H16O3S. The van der Waals surface area contributed by atoms with Crippen LogP contribution in [0.5, 0.6) is 0 Å². The summed E-state index contributed by atoms with van der Waals surface area (Å²) in [5, 5.41) is 8.99. The topological polar surface area (TPSA) is 54.4 Å². The van der Waals surface area contributed by atoms with Crippen LogP contribution < -0.4 is 0 Å². The van der Waals surface area contributed by atoms with Gasteiger partial charge >= 0.3 is 0 Å². The van der Waals surface area contributed by atoms with Crippen LogP contribution >= 0.6 is 0 Å². The molecule has 1 saturated carbocycles. The Bertz CT molecular complexity index is 241. The maximum Gasteiger partial charge on any atom is 0.152 e. The van der Waals surface area contributed by atoms with Crippen molar-refractivity contribution in [1.82, 2.24) is 0 Å². The van der Waals surface area contributed by atoms with Gasteiger partial charge in [-0.2, -0.15) is 0 Å². The zero-order valence-corrected chi connectivity index (χ0v) is 8.34. The average Bonchev–Trinajstić information content (AvgIpc) is 1.79. The molecule has 0 aliphatic heterocycles. The molecule has 72 valence electrons. The van der Waals surface area contributed by atoms with E-state index >= 15 is 0 Å². The van der Waals surface area contributed by atoms with Gasteiger partial charge in [-0.1, -0.05) is 6.42 Å². The van der Waals surface area contributed by atoms with Gasteiger partial charge in [0.25, 0.3) is 0 Å². The highest BCUT2D eigenvalue weighted by Gasteiger charge is 2.33. The molecule has 1 rings (SSSR count). The molecule has 12 heavy (non-hydrogen) atoms. The number of hydrogen-bond acceptors (Lipinski definition) is 3. The van der Waals surface area contributed by atoms with Gasteiger partial charge in [0.15, 0.2) is 9.84 Å². The highest BCUT2D eigenvalue weighted by atomic mass is 32.2. The van der Waals surface area contributed by atoms with Gasteiger partial charge in [-0.25, -0.2) is 8.42 Å². The van der Waals surface area contributed by atoms with E-state index < -0.39 is 21.2 Å². The molecule has 0 unspecified atom stereocenters. The summed E-state index contributed by atoms with van der Waals surface area (Å²) in [4.78, 5) is 0. The van der Waals surface area contributed by atoms with Crippen molar-refractivity contribution in [1.29, 1.82) is 0 Å². The molecule has 4 heteroatoms. The first-order valence-corrected chi connectivity index (χ1v) is 6.25. The second kappa shape index (κ2) is 3.34. The summed E-state index contributed by atoms with van der Waals surface area (Å²) in [7, 11) is -3.07. The maximum atomic E-state index is 11.1. The molecule has 2 atom stereocenters. The first-order chi connectivity index (χ1) is 5.43. The van der Waals surface area contributed by atoms with E-state index in [0.29, 0.717) is 0 Å². The quantitative estimate of drug-likeness (QED) is 0.711. The van der Waals surface area contributed by atoms with Crippen molar-refractivity contribution in [3.63, 3.8) is 0 Å². The normalized spacial score (nSPS) is 24.6. The van der Waals surface area contributed by atoms with Crippen molar-refractivity contribution >= 4 is 9.84 Å². The van der Waals surface area contributed by atoms with E-state index in [9.17, 15) is 13.5 Å². The van der Waals surface area contributed by atoms with E-state index in [1.807, 2.05) is 0 Å². The van der Waals surface area contributed by atoms with Crippen LogP contribution in [0.2, 0.25) is 0 Å². The first-order valence-electron chi connectivity index (χ1n) is 4.30. The van der Waals surface area contributed by atoms with Crippen LogP contribution in [-0.2, 0) is 9.84 Å². The molecule has 0 bridgehead atoms. The lowest BCUT2D eigenvalue weighted by Gasteiger charge is -2.32. The molecule has 0 radical (unpaired) electrons. The van der Waals surface area contributed by atoms with Crippen LogP contribution in [0, 0.1) is 5.92 Å². The minimum Gasteiger partial charge on any atom is -0.392 e. The molecular weight excluding hydrogens is 176 g/mol. The zero-order valence-electron chi connectivity index (χ0n) is 7.53. The van der Waals surface area contributed by atoms with E-state index in [4.69, 9.17) is 0 Å². The Morgan fingerprint density at radius 1 is 1.42 bits per heavy atom. The van der Waals surface area contributed by atoms with Gasteiger partial charge < -0.3 is 5.11 Å². The third-order valence-electron chi connectivity index (χ3n) is 2.79. The fourth-order valence-corrected chi connectivity index (χ4v) is 2.15. The first kappa shape index (κ1) is 9.99. The SMILES string of the molecule is C[C@@H]([C@H](O)C1CCC1)S(C)(=O)=O. The van der Waals surface area contributed by atoms with Gasteiger partial charge in [-0.15, -0.1) is 0 Å². The largest absolute Gasteiger partial charge is 0.392 e. The smallest absolute Gasteiger partial charge is 0.152 e. The van der Waals surface area contributed by atoms with Gasteiger partial charge in [0.1, 0.15) is 0 Å². The fraction of sp³-hybridized carbons (Fsp3) is 1.00. The molecule has 0 aromatic carbocycles. The van der Waals surface area contributed by atoms with Crippen molar-refractivity contribution < 1.29 is 13.5 Å². The molecule has 0 spiro atoms. The van der Waals surface area contributed by atoms with Crippen molar-refractivity contribution in [2.75, 3.05) is 6.26 Å². The molecule has 3 nitrogen and oxygen atoms in total. The van der Waals surface area contributed by atoms with Crippen LogP contribution in [0.3, 0.4) is 0 Å². The minimum atomic E-state index is -3.07. The predicted octanol–water partition coefficient (Wildman–Crippen LogP) is 0.581. The summed E-state index contributed by atoms with van der Waals surface area (Å²) < 4.78 is 22.1. The van der Waals surface area contributed by atoms with E-state index in [1.54, 1.807) is 6.92 Å². The van der Waals surface area contributed by atoms with Gasteiger partial charge in [0.05, 0.1) is 11.4 Å². The lowest BCUT2D eigenvalue weighted by molar-refractivity contribution is 0.0622. The second-order valence-electron chi connectivity index (χ2n) is 3.72. The Morgan fingerprint density at radius 2 is 1.92 bits per heavy atom. The number of sulfone groups is 1. The minimum absolute atomic E-state index is 0.217. The van der Waals surface area contributed by atoms with E-state index in [1.165, 1.54) is 6.26 Å². The molecule has 0 heterocycles. The van der Waals surface area contributed by atoms with Gasteiger partial charge in [0, 0.05) is 6.26 Å². The Balaban J connectivity index is 2.57.